The Kier molecular flexibility index (Phi) is 7.81. The molecule has 1 fully saturated rings. The molecular formula is C27H33N3O6. The molecule has 3 aromatic rings. The monoisotopic (exact) mass is 495 g/mol. The summed E-state index contributed by atoms with van der Waals surface area (Å²) >= 11 is 0. The second kappa shape index (κ2) is 11.0. The fourth-order valence-electron chi connectivity index (χ4n) is 4.33. The van der Waals surface area contributed by atoms with Crippen molar-refractivity contribution < 1.29 is 28.5 Å². The zero-order valence-electron chi connectivity index (χ0n) is 20.9. The van der Waals surface area contributed by atoms with Gasteiger partial charge in [-0.2, -0.15) is 0 Å². The van der Waals surface area contributed by atoms with Gasteiger partial charge in [0.2, 0.25) is 0 Å². The molecule has 0 saturated carbocycles. The Morgan fingerprint density at radius 3 is 2.78 bits per heavy atom. The minimum Gasteiger partial charge on any atom is -0.496 e. The van der Waals surface area contributed by atoms with Crippen LogP contribution in [0.1, 0.15) is 49.9 Å². The second-order valence-corrected chi connectivity index (χ2v) is 9.48. The van der Waals surface area contributed by atoms with E-state index in [0.717, 1.165) is 30.5 Å². The smallest absolute Gasteiger partial charge is 0.335 e. The maximum Gasteiger partial charge on any atom is 0.335 e. The maximum atomic E-state index is 11.2. The van der Waals surface area contributed by atoms with E-state index in [1.165, 1.54) is 12.5 Å². The molecule has 1 unspecified atom stereocenters. The molecular weight excluding hydrogens is 462 g/mol. The number of hydrogen-bond acceptors (Lipinski definition) is 8. The van der Waals surface area contributed by atoms with Gasteiger partial charge in [-0.1, -0.05) is 6.07 Å². The topological polar surface area (TPSA) is 115 Å². The molecule has 1 aliphatic rings. The molecule has 9 heteroatoms. The van der Waals surface area contributed by atoms with Crippen LogP contribution in [0.3, 0.4) is 0 Å². The van der Waals surface area contributed by atoms with Gasteiger partial charge < -0.3 is 29.1 Å². The predicted octanol–water partition coefficient (Wildman–Crippen LogP) is 5.15. The van der Waals surface area contributed by atoms with E-state index in [1.54, 1.807) is 31.5 Å². The Hall–Kier alpha value is -3.56. The lowest BCUT2D eigenvalue weighted by Gasteiger charge is -2.44. The lowest BCUT2D eigenvalue weighted by Crippen LogP contribution is -2.62. The zero-order valence-corrected chi connectivity index (χ0v) is 20.9. The van der Waals surface area contributed by atoms with Crippen LogP contribution in [0.2, 0.25) is 0 Å². The number of aromatic carboxylic acids is 1. The first-order valence-corrected chi connectivity index (χ1v) is 12.0. The van der Waals surface area contributed by atoms with E-state index < -0.39 is 11.8 Å². The molecule has 0 radical (unpaired) electrons. The molecule has 1 saturated heterocycles. The average Bonchev–Trinajstić information content (AvgIpc) is 3.39. The Bertz CT molecular complexity index is 1160. The third-order valence-corrected chi connectivity index (χ3v) is 6.13. The molecule has 4 rings (SSSR count). The van der Waals surface area contributed by atoms with Gasteiger partial charge in [-0.15, -0.1) is 0 Å². The molecule has 9 nitrogen and oxygen atoms in total. The van der Waals surface area contributed by atoms with Gasteiger partial charge in [-0.25, -0.2) is 9.78 Å². The number of carboxylic acid groups (broad SMARTS) is 1. The highest BCUT2D eigenvalue weighted by atomic mass is 16.5. The number of aromatic nitrogens is 1. The number of carbonyl (C=O) groups is 1. The number of benzene rings is 2. The highest BCUT2D eigenvalue weighted by molar-refractivity contribution is 5.88. The van der Waals surface area contributed by atoms with E-state index >= 15 is 0 Å². The summed E-state index contributed by atoms with van der Waals surface area (Å²) in [5.74, 6) is 0.0972. The van der Waals surface area contributed by atoms with Crippen LogP contribution in [0.15, 0.2) is 59.5 Å². The lowest BCUT2D eigenvalue weighted by atomic mass is 9.98. The summed E-state index contributed by atoms with van der Waals surface area (Å²) in [4.78, 5) is 15.2. The van der Waals surface area contributed by atoms with E-state index in [4.69, 9.17) is 18.6 Å². The summed E-state index contributed by atoms with van der Waals surface area (Å²) in [5, 5.41) is 16.4. The number of hydrogen-bond donors (Lipinski definition) is 3. The van der Waals surface area contributed by atoms with Crippen LogP contribution in [0.25, 0.3) is 11.3 Å². The first-order chi connectivity index (χ1) is 17.3. The number of nitrogens with zero attached hydrogens (tertiary/aromatic N) is 1. The number of anilines is 1. The van der Waals surface area contributed by atoms with Gasteiger partial charge in [0.25, 0.3) is 0 Å². The zero-order chi connectivity index (χ0) is 25.6. The minimum absolute atomic E-state index is 0.202. The molecule has 0 spiro atoms. The van der Waals surface area contributed by atoms with E-state index in [9.17, 15) is 9.90 Å². The molecule has 2 heterocycles. The third-order valence-electron chi connectivity index (χ3n) is 6.13. The molecule has 0 bridgehead atoms. The van der Waals surface area contributed by atoms with Crippen molar-refractivity contribution in [2.75, 3.05) is 25.6 Å². The van der Waals surface area contributed by atoms with Crippen molar-refractivity contribution in [1.82, 2.24) is 10.3 Å². The molecule has 3 N–H and O–H groups in total. The number of carboxylic acids is 1. The van der Waals surface area contributed by atoms with E-state index in [-0.39, 0.29) is 11.1 Å². The average molecular weight is 496 g/mol. The number of rotatable bonds is 11. The van der Waals surface area contributed by atoms with Gasteiger partial charge in [-0.05, 0) is 63.4 Å². The van der Waals surface area contributed by atoms with E-state index in [0.29, 0.717) is 36.9 Å². The SMILES string of the molecule is COc1cc(NC2(NC(C)(C)CCOc3cccc(C(=O)O)c3)CCCCO2)ccc1-c1cnco1. The van der Waals surface area contributed by atoms with Crippen LogP contribution >= 0.6 is 0 Å². The molecule has 1 atom stereocenters. The second-order valence-electron chi connectivity index (χ2n) is 9.48. The van der Waals surface area contributed by atoms with Crippen LogP contribution in [0.4, 0.5) is 5.69 Å². The lowest BCUT2D eigenvalue weighted by molar-refractivity contribution is -0.0971. The standard InChI is InChI=1S/C27H33N3O6/c1-26(2,12-14-34-21-8-6-7-19(15-21)25(31)32)30-27(11-4-5-13-36-27)29-20-9-10-22(23(16-20)33-3)24-17-28-18-35-24/h6-10,15-18,29-30H,4-5,11-14H2,1-3H3,(H,31,32). The Morgan fingerprint density at radius 2 is 2.08 bits per heavy atom. The minimum atomic E-state index is -0.976. The summed E-state index contributed by atoms with van der Waals surface area (Å²) < 4.78 is 23.2. The molecule has 192 valence electrons. The number of ether oxygens (including phenoxy) is 3. The number of nitrogens with one attached hydrogen (secondary N) is 2. The molecule has 36 heavy (non-hydrogen) atoms. The van der Waals surface area contributed by atoms with Gasteiger partial charge >= 0.3 is 5.97 Å². The van der Waals surface area contributed by atoms with Crippen LogP contribution < -0.4 is 20.1 Å². The summed E-state index contributed by atoms with van der Waals surface area (Å²) in [6.07, 6.45) is 6.52. The van der Waals surface area contributed by atoms with Crippen LogP contribution in [-0.4, -0.2) is 47.8 Å². The predicted molar refractivity (Wildman–Crippen MR) is 135 cm³/mol. The van der Waals surface area contributed by atoms with Crippen molar-refractivity contribution in [1.29, 1.82) is 0 Å². The fraction of sp³-hybridized carbons (Fsp3) is 0.407. The molecule has 1 aliphatic heterocycles. The third kappa shape index (κ3) is 6.35. The van der Waals surface area contributed by atoms with E-state index in [1.807, 2.05) is 18.2 Å². The van der Waals surface area contributed by atoms with Crippen LogP contribution in [-0.2, 0) is 4.74 Å². The number of methoxy groups -OCH3 is 1. The van der Waals surface area contributed by atoms with Gasteiger partial charge in [-0.3, -0.25) is 5.32 Å². The van der Waals surface area contributed by atoms with Crippen molar-refractivity contribution >= 4 is 11.7 Å². The van der Waals surface area contributed by atoms with Crippen LogP contribution in [0.5, 0.6) is 11.5 Å². The van der Waals surface area contributed by atoms with Crippen molar-refractivity contribution in [2.45, 2.75) is 50.9 Å². The van der Waals surface area contributed by atoms with Crippen molar-refractivity contribution in [2.24, 2.45) is 0 Å². The summed E-state index contributed by atoms with van der Waals surface area (Å²) in [6.45, 7) is 5.25. The van der Waals surface area contributed by atoms with Crippen molar-refractivity contribution in [3.8, 4) is 22.8 Å². The normalized spacial score (nSPS) is 18.0. The first kappa shape index (κ1) is 25.5. The maximum absolute atomic E-state index is 11.2. The molecule has 2 aromatic carbocycles. The van der Waals surface area contributed by atoms with Crippen LogP contribution in [0, 0.1) is 0 Å². The summed E-state index contributed by atoms with van der Waals surface area (Å²) in [5.41, 5.74) is 1.52. The Balaban J connectivity index is 1.44. The molecule has 1 aromatic heterocycles. The summed E-state index contributed by atoms with van der Waals surface area (Å²) in [6, 6.07) is 12.3. The van der Waals surface area contributed by atoms with Gasteiger partial charge in [0, 0.05) is 23.7 Å². The van der Waals surface area contributed by atoms with Gasteiger partial charge in [0.1, 0.15) is 11.5 Å². The number of oxazole rings is 1. The van der Waals surface area contributed by atoms with Crippen molar-refractivity contribution in [3.05, 3.63) is 60.6 Å². The highest BCUT2D eigenvalue weighted by Crippen LogP contribution is 2.35. The van der Waals surface area contributed by atoms with Gasteiger partial charge in [0.15, 0.2) is 18.0 Å². The quantitative estimate of drug-likeness (QED) is 0.311. The fourth-order valence-corrected chi connectivity index (χ4v) is 4.33. The van der Waals surface area contributed by atoms with Crippen molar-refractivity contribution in [3.63, 3.8) is 0 Å². The van der Waals surface area contributed by atoms with E-state index in [2.05, 4.69) is 29.5 Å². The Morgan fingerprint density at radius 1 is 1.22 bits per heavy atom. The van der Waals surface area contributed by atoms with Gasteiger partial charge in [0.05, 0.1) is 37.6 Å². The first-order valence-electron chi connectivity index (χ1n) is 12.0. The molecule has 0 aliphatic carbocycles. The Labute approximate surface area is 210 Å². The highest BCUT2D eigenvalue weighted by Gasteiger charge is 2.38. The summed E-state index contributed by atoms with van der Waals surface area (Å²) in [7, 11) is 1.62. The molecule has 0 amide bonds. The largest absolute Gasteiger partial charge is 0.496 e.